The van der Waals surface area contributed by atoms with Gasteiger partial charge in [0.25, 0.3) is 0 Å². The average Bonchev–Trinajstić information content (AvgIpc) is 2.41. The summed E-state index contributed by atoms with van der Waals surface area (Å²) in [5.74, 6) is 0. The van der Waals surface area contributed by atoms with Crippen LogP contribution in [0.3, 0.4) is 0 Å². The molecule has 1 unspecified atom stereocenters. The Morgan fingerprint density at radius 3 is 1.94 bits per heavy atom. The predicted octanol–water partition coefficient (Wildman–Crippen LogP) is 2.83. The summed E-state index contributed by atoms with van der Waals surface area (Å²) in [6.07, 6.45) is 0.125. The van der Waals surface area contributed by atoms with E-state index in [2.05, 4.69) is 0 Å². The molecule has 88 valence electrons. The highest BCUT2D eigenvalue weighted by molar-refractivity contribution is 7.70. The van der Waals surface area contributed by atoms with E-state index in [0.29, 0.717) is 6.16 Å². The van der Waals surface area contributed by atoms with Crippen LogP contribution < -0.4 is 5.30 Å². The molecule has 0 spiro atoms. The lowest BCUT2D eigenvalue weighted by Crippen LogP contribution is -2.09. The highest BCUT2D eigenvalue weighted by Crippen LogP contribution is 2.46. The monoisotopic (exact) mass is 246 g/mol. The van der Waals surface area contributed by atoms with Crippen molar-refractivity contribution in [1.82, 2.24) is 0 Å². The SMILES string of the molecule is O=P(CO)(Cc1ccccc1)c1ccccc1. The molecule has 0 heterocycles. The van der Waals surface area contributed by atoms with Crippen LogP contribution in [0.1, 0.15) is 5.56 Å². The molecule has 0 amide bonds. The van der Waals surface area contributed by atoms with E-state index in [-0.39, 0.29) is 6.35 Å². The Morgan fingerprint density at radius 1 is 0.882 bits per heavy atom. The second kappa shape index (κ2) is 5.31. The Kier molecular flexibility index (Phi) is 3.78. The van der Waals surface area contributed by atoms with Crippen molar-refractivity contribution in [3.63, 3.8) is 0 Å². The molecule has 3 heteroatoms. The summed E-state index contributed by atoms with van der Waals surface area (Å²) in [7, 11) is -2.72. The average molecular weight is 246 g/mol. The molecule has 0 saturated heterocycles. The van der Waals surface area contributed by atoms with Crippen LogP contribution in [-0.2, 0) is 10.7 Å². The fourth-order valence-corrected chi connectivity index (χ4v) is 3.76. The van der Waals surface area contributed by atoms with Gasteiger partial charge in [-0.15, -0.1) is 0 Å². The van der Waals surface area contributed by atoms with Gasteiger partial charge >= 0.3 is 0 Å². The minimum absolute atomic E-state index is 0.286. The molecule has 2 aromatic rings. The van der Waals surface area contributed by atoms with E-state index in [0.717, 1.165) is 10.9 Å². The normalized spacial score (nSPS) is 14.2. The second-order valence-electron chi connectivity index (χ2n) is 4.01. The van der Waals surface area contributed by atoms with Crippen molar-refractivity contribution < 1.29 is 9.67 Å². The van der Waals surface area contributed by atoms with E-state index >= 15 is 0 Å². The molecule has 0 aliphatic rings. The third-order valence-corrected chi connectivity index (χ3v) is 5.31. The van der Waals surface area contributed by atoms with E-state index in [1.807, 2.05) is 60.7 Å². The zero-order chi connectivity index (χ0) is 12.1. The lowest BCUT2D eigenvalue weighted by molar-refractivity contribution is 0.359. The molecule has 2 nitrogen and oxygen atoms in total. The first-order valence-corrected chi connectivity index (χ1v) is 7.61. The molecule has 1 atom stereocenters. The van der Waals surface area contributed by atoms with Crippen LogP contribution in [0.2, 0.25) is 0 Å². The van der Waals surface area contributed by atoms with Gasteiger partial charge in [-0.2, -0.15) is 0 Å². The number of aliphatic hydroxyl groups excluding tert-OH is 1. The van der Waals surface area contributed by atoms with E-state index in [1.54, 1.807) is 0 Å². The van der Waals surface area contributed by atoms with Gasteiger partial charge in [0.05, 0.1) is 0 Å². The maximum Gasteiger partial charge on any atom is 0.143 e. The second-order valence-corrected chi connectivity index (χ2v) is 6.90. The summed E-state index contributed by atoms with van der Waals surface area (Å²) < 4.78 is 12.7. The summed E-state index contributed by atoms with van der Waals surface area (Å²) in [5, 5.41) is 10.2. The summed E-state index contributed by atoms with van der Waals surface area (Å²) in [6, 6.07) is 18.9. The molecule has 0 fully saturated rings. The fourth-order valence-electron chi connectivity index (χ4n) is 1.80. The highest BCUT2D eigenvalue weighted by Gasteiger charge is 2.23. The van der Waals surface area contributed by atoms with Gasteiger partial charge in [-0.1, -0.05) is 60.7 Å². The van der Waals surface area contributed by atoms with Crippen molar-refractivity contribution in [2.75, 3.05) is 6.35 Å². The Bertz CT molecular complexity index is 508. The van der Waals surface area contributed by atoms with Crippen molar-refractivity contribution in [3.05, 3.63) is 66.2 Å². The quantitative estimate of drug-likeness (QED) is 0.842. The molecule has 0 aliphatic heterocycles. The maximum atomic E-state index is 12.7. The van der Waals surface area contributed by atoms with Gasteiger partial charge < -0.3 is 9.67 Å². The maximum absolute atomic E-state index is 12.7. The summed E-state index contributed by atoms with van der Waals surface area (Å²) in [4.78, 5) is 0. The van der Waals surface area contributed by atoms with Gasteiger partial charge in [-0.3, -0.25) is 0 Å². The molecule has 0 aromatic heterocycles. The summed E-state index contributed by atoms with van der Waals surface area (Å²) in [6.45, 7) is 0. The van der Waals surface area contributed by atoms with Gasteiger partial charge in [0.2, 0.25) is 0 Å². The molecule has 17 heavy (non-hydrogen) atoms. The van der Waals surface area contributed by atoms with Crippen LogP contribution in [-0.4, -0.2) is 11.5 Å². The molecular formula is C14H15O2P. The van der Waals surface area contributed by atoms with Gasteiger partial charge in [-0.25, -0.2) is 0 Å². The number of benzene rings is 2. The van der Waals surface area contributed by atoms with Crippen LogP contribution in [0, 0.1) is 0 Å². The van der Waals surface area contributed by atoms with Crippen molar-refractivity contribution in [3.8, 4) is 0 Å². The van der Waals surface area contributed by atoms with Gasteiger partial charge in [0.1, 0.15) is 13.5 Å². The number of aliphatic hydroxyl groups is 1. The van der Waals surface area contributed by atoms with Crippen LogP contribution in [0.25, 0.3) is 0 Å². The number of hydrogen-bond acceptors (Lipinski definition) is 2. The molecule has 0 radical (unpaired) electrons. The third-order valence-electron chi connectivity index (χ3n) is 2.74. The molecule has 0 aliphatic carbocycles. The van der Waals surface area contributed by atoms with E-state index < -0.39 is 7.14 Å². The van der Waals surface area contributed by atoms with Crippen molar-refractivity contribution >= 4 is 12.4 Å². The summed E-state index contributed by atoms with van der Waals surface area (Å²) in [5.41, 5.74) is 0.994. The lowest BCUT2D eigenvalue weighted by Gasteiger charge is -2.16. The molecule has 0 saturated carbocycles. The topological polar surface area (TPSA) is 37.3 Å². The smallest absolute Gasteiger partial charge is 0.143 e. The third kappa shape index (κ3) is 2.85. The Morgan fingerprint density at radius 2 is 1.41 bits per heavy atom. The zero-order valence-electron chi connectivity index (χ0n) is 9.49. The van der Waals surface area contributed by atoms with Gasteiger partial charge in [0, 0.05) is 11.5 Å². The van der Waals surface area contributed by atoms with E-state index in [9.17, 15) is 9.67 Å². The number of hydrogen-bond donors (Lipinski definition) is 1. The lowest BCUT2D eigenvalue weighted by atomic mass is 10.2. The first-order valence-electron chi connectivity index (χ1n) is 5.53. The van der Waals surface area contributed by atoms with E-state index in [4.69, 9.17) is 0 Å². The van der Waals surface area contributed by atoms with Crippen LogP contribution in [0.5, 0.6) is 0 Å². The Labute approximate surface area is 101 Å². The minimum Gasteiger partial charge on any atom is -0.388 e. The predicted molar refractivity (Wildman–Crippen MR) is 70.9 cm³/mol. The van der Waals surface area contributed by atoms with Gasteiger partial charge in [-0.05, 0) is 5.56 Å². The zero-order valence-corrected chi connectivity index (χ0v) is 10.4. The number of rotatable bonds is 4. The summed E-state index contributed by atoms with van der Waals surface area (Å²) >= 11 is 0. The molecule has 2 aromatic carbocycles. The minimum atomic E-state index is -2.72. The Hall–Kier alpha value is -1.37. The largest absolute Gasteiger partial charge is 0.388 e. The first kappa shape index (κ1) is 12.1. The van der Waals surface area contributed by atoms with Crippen LogP contribution >= 0.6 is 7.14 Å². The molecular weight excluding hydrogens is 231 g/mol. The van der Waals surface area contributed by atoms with Crippen molar-refractivity contribution in [2.24, 2.45) is 0 Å². The van der Waals surface area contributed by atoms with Gasteiger partial charge in [0.15, 0.2) is 0 Å². The van der Waals surface area contributed by atoms with Crippen LogP contribution in [0.4, 0.5) is 0 Å². The van der Waals surface area contributed by atoms with Crippen LogP contribution in [0.15, 0.2) is 60.7 Å². The Balaban J connectivity index is 2.30. The molecule has 1 N–H and O–H groups in total. The van der Waals surface area contributed by atoms with Crippen molar-refractivity contribution in [2.45, 2.75) is 6.16 Å². The first-order chi connectivity index (χ1) is 8.24. The van der Waals surface area contributed by atoms with E-state index in [1.165, 1.54) is 0 Å². The fraction of sp³-hybridized carbons (Fsp3) is 0.143. The molecule has 0 bridgehead atoms. The molecule has 2 rings (SSSR count). The standard InChI is InChI=1S/C14H15O2P/c15-12-17(16,14-9-5-2-6-10-14)11-13-7-3-1-4-8-13/h1-10,15H,11-12H2. The highest BCUT2D eigenvalue weighted by atomic mass is 31.2. The van der Waals surface area contributed by atoms with Crippen molar-refractivity contribution in [1.29, 1.82) is 0 Å².